The van der Waals surface area contributed by atoms with Gasteiger partial charge in [-0.05, 0) is 74.1 Å². The summed E-state index contributed by atoms with van der Waals surface area (Å²) in [6.07, 6.45) is 4.53. The van der Waals surface area contributed by atoms with Gasteiger partial charge in [-0.25, -0.2) is 4.79 Å². The van der Waals surface area contributed by atoms with Gasteiger partial charge in [0.1, 0.15) is 0 Å². The van der Waals surface area contributed by atoms with Gasteiger partial charge in [-0.1, -0.05) is 6.07 Å². The lowest BCUT2D eigenvalue weighted by Gasteiger charge is -2.11. The summed E-state index contributed by atoms with van der Waals surface area (Å²) in [7, 11) is 1.34. The lowest BCUT2D eigenvalue weighted by Crippen LogP contribution is -2.13. The number of fused-ring (bicyclic) bond motifs is 3. The highest BCUT2D eigenvalue weighted by Gasteiger charge is 2.17. The predicted octanol–water partition coefficient (Wildman–Crippen LogP) is 4.39. The summed E-state index contributed by atoms with van der Waals surface area (Å²) >= 11 is 0. The number of nitrogens with one attached hydrogen (secondary N) is 2. The van der Waals surface area contributed by atoms with Gasteiger partial charge >= 0.3 is 5.97 Å². The number of carbonyl (C=O) groups is 2. The van der Waals surface area contributed by atoms with E-state index in [2.05, 4.69) is 10.3 Å². The van der Waals surface area contributed by atoms with Crippen LogP contribution in [0.15, 0.2) is 36.4 Å². The van der Waals surface area contributed by atoms with Gasteiger partial charge in [0.15, 0.2) is 0 Å². The smallest absolute Gasteiger partial charge is 0.337 e. The Kier molecular flexibility index (Phi) is 4.44. The number of carbonyl (C=O) groups excluding carboxylic acids is 2. The van der Waals surface area contributed by atoms with Crippen LogP contribution in [0, 0.1) is 6.92 Å². The van der Waals surface area contributed by atoms with Crippen molar-refractivity contribution in [2.24, 2.45) is 0 Å². The van der Waals surface area contributed by atoms with Crippen LogP contribution in [0.4, 0.5) is 5.69 Å². The monoisotopic (exact) mass is 362 g/mol. The molecule has 0 fully saturated rings. The maximum absolute atomic E-state index is 12.8. The lowest BCUT2D eigenvalue weighted by atomic mass is 9.95. The molecule has 1 heterocycles. The summed E-state index contributed by atoms with van der Waals surface area (Å²) in [4.78, 5) is 28.0. The molecule has 1 amide bonds. The third-order valence-corrected chi connectivity index (χ3v) is 5.27. The van der Waals surface area contributed by atoms with Crippen LogP contribution in [0.3, 0.4) is 0 Å². The number of aromatic nitrogens is 1. The van der Waals surface area contributed by atoms with Gasteiger partial charge in [-0.3, -0.25) is 4.79 Å². The highest BCUT2D eigenvalue weighted by atomic mass is 16.5. The maximum Gasteiger partial charge on any atom is 0.337 e. The molecule has 0 spiro atoms. The zero-order valence-electron chi connectivity index (χ0n) is 15.5. The van der Waals surface area contributed by atoms with Crippen LogP contribution >= 0.6 is 0 Å². The summed E-state index contributed by atoms with van der Waals surface area (Å²) in [6, 6.07) is 10.9. The molecule has 2 N–H and O–H groups in total. The van der Waals surface area contributed by atoms with E-state index in [0.717, 1.165) is 29.3 Å². The van der Waals surface area contributed by atoms with Gasteiger partial charge in [0.05, 0.1) is 12.7 Å². The molecule has 3 aromatic rings. The number of esters is 1. The predicted molar refractivity (Wildman–Crippen MR) is 105 cm³/mol. The van der Waals surface area contributed by atoms with Gasteiger partial charge in [-0.15, -0.1) is 0 Å². The Morgan fingerprint density at radius 1 is 1.04 bits per heavy atom. The van der Waals surface area contributed by atoms with Crippen molar-refractivity contribution < 1.29 is 14.3 Å². The summed E-state index contributed by atoms with van der Waals surface area (Å²) in [6.45, 7) is 1.89. The van der Waals surface area contributed by atoms with Crippen LogP contribution in [-0.4, -0.2) is 24.0 Å². The SMILES string of the molecule is COC(=O)c1ccc(C)c(NC(=O)c2ccc3[nH]c4c(c3c2)CCCC4)c1. The van der Waals surface area contributed by atoms with Crippen LogP contribution in [0.1, 0.15) is 50.4 Å². The first-order valence-corrected chi connectivity index (χ1v) is 9.20. The van der Waals surface area contributed by atoms with Crippen LogP contribution in [-0.2, 0) is 17.6 Å². The van der Waals surface area contributed by atoms with Crippen molar-refractivity contribution in [1.29, 1.82) is 0 Å². The summed E-state index contributed by atoms with van der Waals surface area (Å²) in [5.74, 6) is -0.612. The fourth-order valence-corrected chi connectivity index (χ4v) is 3.74. The van der Waals surface area contributed by atoms with Gasteiger partial charge in [0.25, 0.3) is 5.91 Å². The van der Waals surface area contributed by atoms with Crippen LogP contribution in [0.25, 0.3) is 10.9 Å². The van der Waals surface area contributed by atoms with Crippen molar-refractivity contribution in [3.8, 4) is 0 Å². The molecule has 0 radical (unpaired) electrons. The number of methoxy groups -OCH3 is 1. The van der Waals surface area contributed by atoms with Crippen LogP contribution < -0.4 is 5.32 Å². The van der Waals surface area contributed by atoms with E-state index >= 15 is 0 Å². The normalized spacial score (nSPS) is 13.3. The Morgan fingerprint density at radius 2 is 1.81 bits per heavy atom. The zero-order chi connectivity index (χ0) is 19.0. The van der Waals surface area contributed by atoms with E-state index in [1.807, 2.05) is 25.1 Å². The quantitative estimate of drug-likeness (QED) is 0.679. The highest BCUT2D eigenvalue weighted by Crippen LogP contribution is 2.30. The van der Waals surface area contributed by atoms with Gasteiger partial charge in [0.2, 0.25) is 0 Å². The first kappa shape index (κ1) is 17.3. The van der Waals surface area contributed by atoms with Crippen molar-refractivity contribution in [2.45, 2.75) is 32.6 Å². The van der Waals surface area contributed by atoms with Crippen LogP contribution in [0.2, 0.25) is 0 Å². The fourth-order valence-electron chi connectivity index (χ4n) is 3.74. The minimum absolute atomic E-state index is 0.187. The van der Waals surface area contributed by atoms with Crippen molar-refractivity contribution in [3.05, 3.63) is 64.3 Å². The van der Waals surface area contributed by atoms with E-state index in [1.54, 1.807) is 18.2 Å². The Balaban J connectivity index is 1.64. The Bertz CT molecular complexity index is 1050. The second-order valence-electron chi connectivity index (χ2n) is 7.02. The summed E-state index contributed by atoms with van der Waals surface area (Å²) in [5, 5.41) is 4.06. The van der Waals surface area contributed by atoms with E-state index in [4.69, 9.17) is 4.74 Å². The molecule has 4 rings (SSSR count). The van der Waals surface area contributed by atoms with Crippen molar-refractivity contribution >= 4 is 28.5 Å². The molecule has 0 saturated carbocycles. The number of aryl methyl sites for hydroxylation is 3. The number of aromatic amines is 1. The number of amides is 1. The molecular weight excluding hydrogens is 340 g/mol. The molecule has 1 aliphatic rings. The molecule has 0 saturated heterocycles. The van der Waals surface area contributed by atoms with Crippen LogP contribution in [0.5, 0.6) is 0 Å². The number of H-pyrrole nitrogens is 1. The molecule has 1 aliphatic carbocycles. The molecule has 27 heavy (non-hydrogen) atoms. The lowest BCUT2D eigenvalue weighted by molar-refractivity contribution is 0.0600. The standard InChI is InChI=1S/C22H22N2O3/c1-13-7-8-15(22(26)27-2)12-20(13)24-21(25)14-9-10-19-17(11-14)16-5-3-4-6-18(16)23-19/h7-12,23H,3-6H2,1-2H3,(H,24,25). The number of rotatable bonds is 3. The molecule has 138 valence electrons. The van der Waals surface area contributed by atoms with Gasteiger partial charge < -0.3 is 15.0 Å². The van der Waals surface area contributed by atoms with Gasteiger partial charge in [-0.2, -0.15) is 0 Å². The first-order valence-electron chi connectivity index (χ1n) is 9.20. The highest BCUT2D eigenvalue weighted by molar-refractivity contribution is 6.07. The van der Waals surface area contributed by atoms with Crippen molar-refractivity contribution in [3.63, 3.8) is 0 Å². The zero-order valence-corrected chi connectivity index (χ0v) is 15.5. The molecule has 5 heteroatoms. The molecule has 0 aliphatic heterocycles. The minimum atomic E-state index is -0.425. The number of benzene rings is 2. The number of hydrogen-bond acceptors (Lipinski definition) is 3. The third kappa shape index (κ3) is 3.21. The molecule has 1 aromatic heterocycles. The Hall–Kier alpha value is -3.08. The summed E-state index contributed by atoms with van der Waals surface area (Å²) in [5.41, 5.74) is 6.24. The van der Waals surface area contributed by atoms with Crippen molar-refractivity contribution in [1.82, 2.24) is 4.98 Å². The fraction of sp³-hybridized carbons (Fsp3) is 0.273. The number of anilines is 1. The molecule has 5 nitrogen and oxygen atoms in total. The van der Waals surface area contributed by atoms with E-state index in [0.29, 0.717) is 16.8 Å². The molecule has 0 bridgehead atoms. The molecular formula is C22H22N2O3. The summed E-state index contributed by atoms with van der Waals surface area (Å²) < 4.78 is 4.76. The second kappa shape index (κ2) is 6.91. The topological polar surface area (TPSA) is 71.2 Å². The number of hydrogen-bond donors (Lipinski definition) is 2. The largest absolute Gasteiger partial charge is 0.465 e. The average Bonchev–Trinajstić information content (AvgIpc) is 3.06. The van der Waals surface area contributed by atoms with E-state index in [9.17, 15) is 9.59 Å². The number of ether oxygens (including phenoxy) is 1. The minimum Gasteiger partial charge on any atom is -0.465 e. The second-order valence-corrected chi connectivity index (χ2v) is 7.02. The molecule has 2 aromatic carbocycles. The molecule has 0 unspecified atom stereocenters. The maximum atomic E-state index is 12.8. The van der Waals surface area contributed by atoms with E-state index in [-0.39, 0.29) is 5.91 Å². The molecule has 0 atom stereocenters. The van der Waals surface area contributed by atoms with Gasteiger partial charge in [0, 0.05) is 27.8 Å². The average molecular weight is 362 g/mol. The third-order valence-electron chi connectivity index (χ3n) is 5.27. The van der Waals surface area contributed by atoms with Crippen molar-refractivity contribution in [2.75, 3.05) is 12.4 Å². The van der Waals surface area contributed by atoms with E-state index in [1.165, 1.54) is 31.2 Å². The Labute approximate surface area is 157 Å². The van der Waals surface area contributed by atoms with E-state index < -0.39 is 5.97 Å². The Morgan fingerprint density at radius 3 is 2.63 bits per heavy atom. The first-order chi connectivity index (χ1) is 13.1.